The normalized spacial score (nSPS) is 22.9. The standard InChI is InChI=1S/C12H11N3O6S3/c13-5-7(16)15-8(21-12(19)20)4(1-22-9(5)15)2-23-11-6(10(17)18)14-3-24-11/h3,5,9H,1-2,13H2,(H,17,18)(H,19,20)/t5?,9-/m0/s1. The van der Waals surface area contributed by atoms with Crippen LogP contribution in [0.25, 0.3) is 0 Å². The van der Waals surface area contributed by atoms with Crippen LogP contribution in [-0.4, -0.2) is 61.1 Å². The van der Waals surface area contributed by atoms with E-state index >= 15 is 0 Å². The number of nitrogens with zero attached hydrogens (tertiary/aromatic N) is 2. The number of amides is 1. The molecular formula is C12H11N3O6S3. The van der Waals surface area contributed by atoms with Crippen molar-refractivity contribution in [1.82, 2.24) is 9.88 Å². The molecule has 3 heterocycles. The van der Waals surface area contributed by atoms with Crippen LogP contribution in [-0.2, 0) is 9.53 Å². The molecule has 2 aliphatic rings. The number of aromatic nitrogens is 1. The largest absolute Gasteiger partial charge is 0.512 e. The summed E-state index contributed by atoms with van der Waals surface area (Å²) >= 11 is 3.81. The first-order valence-electron chi connectivity index (χ1n) is 6.52. The SMILES string of the molecule is NC1C(=O)N2C(OC(=O)O)=C(CSc3scnc3C(=O)O)CS[C@@H]12. The number of ether oxygens (including phenoxy) is 1. The average molecular weight is 389 g/mol. The first-order chi connectivity index (χ1) is 11.4. The molecule has 3 rings (SSSR count). The van der Waals surface area contributed by atoms with Gasteiger partial charge < -0.3 is 20.7 Å². The van der Waals surface area contributed by atoms with Crippen LogP contribution < -0.4 is 5.73 Å². The minimum atomic E-state index is -1.52. The first kappa shape index (κ1) is 17.1. The van der Waals surface area contributed by atoms with Gasteiger partial charge in [0.1, 0.15) is 11.4 Å². The van der Waals surface area contributed by atoms with Gasteiger partial charge in [0.25, 0.3) is 0 Å². The number of carboxylic acids is 1. The molecule has 1 aromatic rings. The summed E-state index contributed by atoms with van der Waals surface area (Å²) < 4.78 is 5.30. The molecule has 1 unspecified atom stereocenters. The molecule has 0 aliphatic carbocycles. The Bertz CT molecular complexity index is 748. The Hall–Kier alpha value is -1.76. The highest BCUT2D eigenvalue weighted by atomic mass is 32.2. The van der Waals surface area contributed by atoms with E-state index in [9.17, 15) is 14.4 Å². The van der Waals surface area contributed by atoms with E-state index in [1.165, 1.54) is 45.3 Å². The van der Waals surface area contributed by atoms with Crippen molar-refractivity contribution in [2.24, 2.45) is 5.73 Å². The van der Waals surface area contributed by atoms with Crippen LogP contribution in [0.15, 0.2) is 21.2 Å². The van der Waals surface area contributed by atoms with E-state index in [-0.39, 0.29) is 22.7 Å². The van der Waals surface area contributed by atoms with Crippen molar-refractivity contribution >= 4 is 52.9 Å². The van der Waals surface area contributed by atoms with Crippen LogP contribution in [0.4, 0.5) is 4.79 Å². The molecule has 1 saturated heterocycles. The van der Waals surface area contributed by atoms with E-state index in [4.69, 9.17) is 20.7 Å². The van der Waals surface area contributed by atoms with Gasteiger partial charge in [0.05, 0.1) is 9.72 Å². The summed E-state index contributed by atoms with van der Waals surface area (Å²) in [5, 5.41) is 17.6. The molecule has 0 saturated carbocycles. The number of carboxylic acid groups (broad SMARTS) is 2. The van der Waals surface area contributed by atoms with Crippen molar-refractivity contribution in [1.29, 1.82) is 0 Å². The van der Waals surface area contributed by atoms with Gasteiger partial charge in [-0.05, 0) is 0 Å². The van der Waals surface area contributed by atoms with E-state index < -0.39 is 24.1 Å². The van der Waals surface area contributed by atoms with E-state index in [1.54, 1.807) is 0 Å². The molecule has 2 atom stereocenters. The predicted octanol–water partition coefficient (Wildman–Crippen LogP) is 1.08. The third-order valence-electron chi connectivity index (χ3n) is 3.33. The van der Waals surface area contributed by atoms with Crippen LogP contribution >= 0.6 is 34.9 Å². The zero-order valence-corrected chi connectivity index (χ0v) is 14.3. The number of carbonyl (C=O) groups is 3. The lowest BCUT2D eigenvalue weighted by molar-refractivity contribution is -0.144. The highest BCUT2D eigenvalue weighted by molar-refractivity contribution is 8.02. The van der Waals surface area contributed by atoms with Crippen molar-refractivity contribution in [3.05, 3.63) is 22.7 Å². The van der Waals surface area contributed by atoms with Crippen molar-refractivity contribution in [3.8, 4) is 0 Å². The second kappa shape index (κ2) is 6.63. The lowest BCUT2D eigenvalue weighted by Gasteiger charge is -2.47. The number of hydrogen-bond acceptors (Lipinski definition) is 9. The topological polar surface area (TPSA) is 143 Å². The van der Waals surface area contributed by atoms with E-state index in [0.717, 1.165) is 0 Å². The summed E-state index contributed by atoms with van der Waals surface area (Å²) in [5.41, 5.74) is 7.68. The highest BCUT2D eigenvalue weighted by Gasteiger charge is 2.51. The number of aromatic carboxylic acids is 1. The van der Waals surface area contributed by atoms with Gasteiger partial charge in [-0.2, -0.15) is 0 Å². The molecule has 12 heteroatoms. The van der Waals surface area contributed by atoms with E-state index in [0.29, 0.717) is 15.5 Å². The summed E-state index contributed by atoms with van der Waals surface area (Å²) in [6, 6.07) is -0.670. The fourth-order valence-electron chi connectivity index (χ4n) is 2.24. The fraction of sp³-hybridized carbons (Fsp3) is 0.333. The molecule has 2 aliphatic heterocycles. The van der Waals surface area contributed by atoms with Crippen molar-refractivity contribution in [3.63, 3.8) is 0 Å². The average Bonchev–Trinajstić information content (AvgIpc) is 3.00. The van der Waals surface area contributed by atoms with E-state index in [1.807, 2.05) is 0 Å². The maximum atomic E-state index is 11.9. The highest BCUT2D eigenvalue weighted by Crippen LogP contribution is 2.41. The summed E-state index contributed by atoms with van der Waals surface area (Å²) in [5.74, 6) is -0.818. The molecule has 4 N–H and O–H groups in total. The van der Waals surface area contributed by atoms with Gasteiger partial charge in [-0.1, -0.05) is 0 Å². The summed E-state index contributed by atoms with van der Waals surface area (Å²) in [4.78, 5) is 38.9. The number of thioether (sulfide) groups is 2. The molecule has 0 aromatic carbocycles. The number of thiazole rings is 1. The zero-order chi connectivity index (χ0) is 17.4. The molecule has 24 heavy (non-hydrogen) atoms. The van der Waals surface area contributed by atoms with Crippen LogP contribution in [0.1, 0.15) is 10.5 Å². The summed E-state index contributed by atoms with van der Waals surface area (Å²) in [6.45, 7) is 0. The summed E-state index contributed by atoms with van der Waals surface area (Å²) in [6.07, 6.45) is -1.52. The third-order valence-corrected chi connectivity index (χ3v) is 6.90. The Balaban J connectivity index is 1.82. The first-order valence-corrected chi connectivity index (χ1v) is 9.44. The number of β-lactam (4-membered cyclic amide) rings is 1. The molecule has 0 bridgehead atoms. The molecule has 9 nitrogen and oxygen atoms in total. The zero-order valence-electron chi connectivity index (χ0n) is 11.9. The van der Waals surface area contributed by atoms with Gasteiger partial charge in [0, 0.05) is 17.1 Å². The second-order valence-electron chi connectivity index (χ2n) is 4.79. The maximum absolute atomic E-state index is 11.9. The maximum Gasteiger partial charge on any atom is 0.512 e. The molecule has 1 fully saturated rings. The third kappa shape index (κ3) is 2.97. The Morgan fingerprint density at radius 2 is 2.25 bits per heavy atom. The lowest BCUT2D eigenvalue weighted by atomic mass is 10.1. The van der Waals surface area contributed by atoms with Crippen LogP contribution in [0.3, 0.4) is 0 Å². The van der Waals surface area contributed by atoms with Gasteiger partial charge in [0.2, 0.25) is 11.8 Å². The van der Waals surface area contributed by atoms with Gasteiger partial charge in [-0.15, -0.1) is 34.9 Å². The Morgan fingerprint density at radius 3 is 2.92 bits per heavy atom. The molecule has 1 aromatic heterocycles. The second-order valence-corrected chi connectivity index (χ2v) is 8.00. The van der Waals surface area contributed by atoms with Crippen molar-refractivity contribution in [2.45, 2.75) is 15.6 Å². The number of carbonyl (C=O) groups excluding carboxylic acids is 1. The van der Waals surface area contributed by atoms with E-state index in [2.05, 4.69) is 4.98 Å². The van der Waals surface area contributed by atoms with Gasteiger partial charge >= 0.3 is 12.1 Å². The number of rotatable bonds is 5. The Morgan fingerprint density at radius 1 is 1.50 bits per heavy atom. The predicted molar refractivity (Wildman–Crippen MR) is 87.0 cm³/mol. The Labute approximate surface area is 147 Å². The molecular weight excluding hydrogens is 378 g/mol. The van der Waals surface area contributed by atoms with Crippen LogP contribution in [0.2, 0.25) is 0 Å². The molecule has 128 valence electrons. The molecule has 1 amide bonds. The minimum absolute atomic E-state index is 0.0214. The van der Waals surface area contributed by atoms with Crippen LogP contribution in [0.5, 0.6) is 0 Å². The number of nitrogens with two attached hydrogens (primary N) is 1. The minimum Gasteiger partial charge on any atom is -0.476 e. The Kier molecular flexibility index (Phi) is 4.71. The summed E-state index contributed by atoms with van der Waals surface area (Å²) in [7, 11) is 0. The molecule has 0 radical (unpaired) electrons. The molecule has 0 spiro atoms. The van der Waals surface area contributed by atoms with Crippen LogP contribution in [0, 0.1) is 0 Å². The van der Waals surface area contributed by atoms with Gasteiger partial charge in [-0.3, -0.25) is 9.69 Å². The lowest BCUT2D eigenvalue weighted by Crippen LogP contribution is -2.68. The fourth-order valence-corrected chi connectivity index (χ4v) is 5.53. The smallest absolute Gasteiger partial charge is 0.476 e. The van der Waals surface area contributed by atoms with Crippen molar-refractivity contribution < 1.29 is 29.3 Å². The quantitative estimate of drug-likeness (QED) is 0.380. The number of fused-ring (bicyclic) bond motifs is 1. The van der Waals surface area contributed by atoms with Gasteiger partial charge in [0.15, 0.2) is 5.69 Å². The number of hydrogen-bond donors (Lipinski definition) is 3. The van der Waals surface area contributed by atoms with Crippen molar-refractivity contribution in [2.75, 3.05) is 11.5 Å². The van der Waals surface area contributed by atoms with Gasteiger partial charge in [-0.25, -0.2) is 14.6 Å². The monoisotopic (exact) mass is 389 g/mol.